The summed E-state index contributed by atoms with van der Waals surface area (Å²) >= 11 is 0. The minimum atomic E-state index is -0.529. The molecule has 3 amide bonds. The molecule has 1 aromatic heterocycles. The summed E-state index contributed by atoms with van der Waals surface area (Å²) in [5, 5.41) is 17.4. The molecule has 246 valence electrons. The van der Waals surface area contributed by atoms with Crippen molar-refractivity contribution in [2.45, 2.75) is 57.2 Å². The van der Waals surface area contributed by atoms with Gasteiger partial charge < -0.3 is 25.6 Å². The number of rotatable bonds is 11. The van der Waals surface area contributed by atoms with Crippen molar-refractivity contribution < 1.29 is 19.5 Å². The molecule has 2 aliphatic heterocycles. The number of amides is 3. The molecule has 0 bridgehead atoms. The SMILES string of the molecule is O=C(Nc1cccc(CCc2cc3cc(NC(=O)C4CCCN4C(=O)Cc4ccccc4)ccc3[nH]2)c1)C1CCCN(C(O)CP)C1. The molecule has 9 nitrogen and oxygen atoms in total. The average molecular weight is 654 g/mol. The number of aliphatic hydroxyl groups excluding tert-OH is 1. The van der Waals surface area contributed by atoms with Gasteiger partial charge in [0, 0.05) is 53.8 Å². The molecule has 4 atom stereocenters. The molecule has 0 spiro atoms. The van der Waals surface area contributed by atoms with E-state index in [2.05, 4.69) is 37.0 Å². The number of aryl methyl sites for hydroxylation is 2. The zero-order chi connectivity index (χ0) is 32.8. The van der Waals surface area contributed by atoms with Gasteiger partial charge in [0.15, 0.2) is 0 Å². The number of nitrogens with zero attached hydrogens (tertiary/aromatic N) is 2. The first-order valence-electron chi connectivity index (χ1n) is 16.6. The predicted molar refractivity (Wildman–Crippen MR) is 189 cm³/mol. The van der Waals surface area contributed by atoms with Crippen LogP contribution >= 0.6 is 9.24 Å². The summed E-state index contributed by atoms with van der Waals surface area (Å²) in [6, 6.07) is 25.1. The summed E-state index contributed by atoms with van der Waals surface area (Å²) in [6.45, 7) is 1.98. The largest absolute Gasteiger partial charge is 0.378 e. The molecule has 0 radical (unpaired) electrons. The molecule has 0 saturated carbocycles. The Labute approximate surface area is 278 Å². The first-order chi connectivity index (χ1) is 22.9. The van der Waals surface area contributed by atoms with Gasteiger partial charge in [-0.25, -0.2) is 0 Å². The van der Waals surface area contributed by atoms with Gasteiger partial charge in [-0.2, -0.15) is 0 Å². The van der Waals surface area contributed by atoms with Crippen LogP contribution in [0.5, 0.6) is 0 Å². The molecule has 0 aliphatic carbocycles. The monoisotopic (exact) mass is 653 g/mol. The summed E-state index contributed by atoms with van der Waals surface area (Å²) in [5.41, 5.74) is 5.65. The van der Waals surface area contributed by atoms with Gasteiger partial charge in [-0.1, -0.05) is 42.5 Å². The maximum Gasteiger partial charge on any atom is 0.247 e. The fraction of sp³-hybridized carbons (Fsp3) is 0.378. The van der Waals surface area contributed by atoms with E-state index in [0.717, 1.165) is 72.1 Å². The highest BCUT2D eigenvalue weighted by molar-refractivity contribution is 7.16. The smallest absolute Gasteiger partial charge is 0.247 e. The molecular weight excluding hydrogens is 609 g/mol. The maximum atomic E-state index is 13.3. The number of carbonyl (C=O) groups excluding carboxylic acids is 3. The Hall–Kier alpha value is -4.04. The van der Waals surface area contributed by atoms with Crippen molar-refractivity contribution in [1.82, 2.24) is 14.8 Å². The fourth-order valence-corrected chi connectivity index (χ4v) is 7.11. The highest BCUT2D eigenvalue weighted by atomic mass is 31.0. The van der Waals surface area contributed by atoms with Crippen molar-refractivity contribution >= 4 is 49.2 Å². The number of carbonyl (C=O) groups is 3. The summed E-state index contributed by atoms with van der Waals surface area (Å²) in [4.78, 5) is 46.5. The Morgan fingerprint density at radius 3 is 2.45 bits per heavy atom. The molecule has 2 fully saturated rings. The van der Waals surface area contributed by atoms with Gasteiger partial charge in [-0.15, -0.1) is 9.24 Å². The summed E-state index contributed by atoms with van der Waals surface area (Å²) in [6.07, 6.45) is 5.13. The van der Waals surface area contributed by atoms with E-state index in [1.54, 1.807) is 4.90 Å². The van der Waals surface area contributed by atoms with Crippen molar-refractivity contribution in [3.8, 4) is 0 Å². The van der Waals surface area contributed by atoms with Crippen molar-refractivity contribution in [3.63, 3.8) is 0 Å². The lowest BCUT2D eigenvalue weighted by molar-refractivity contribution is -0.136. The van der Waals surface area contributed by atoms with Crippen molar-refractivity contribution in [2.75, 3.05) is 36.4 Å². The second kappa shape index (κ2) is 15.2. The number of aliphatic hydroxyl groups is 1. The molecule has 4 unspecified atom stereocenters. The van der Waals surface area contributed by atoms with Gasteiger partial charge in [0.1, 0.15) is 12.3 Å². The zero-order valence-corrected chi connectivity index (χ0v) is 27.8. The van der Waals surface area contributed by atoms with E-state index in [-0.39, 0.29) is 23.6 Å². The predicted octanol–water partition coefficient (Wildman–Crippen LogP) is 4.97. The van der Waals surface area contributed by atoms with Gasteiger partial charge in [0.2, 0.25) is 17.7 Å². The number of benzene rings is 3. The van der Waals surface area contributed by atoms with Gasteiger partial charge in [-0.3, -0.25) is 19.3 Å². The van der Waals surface area contributed by atoms with Gasteiger partial charge in [-0.05, 0) is 86.1 Å². The quantitative estimate of drug-likeness (QED) is 0.171. The van der Waals surface area contributed by atoms with Crippen LogP contribution < -0.4 is 10.6 Å². The van der Waals surface area contributed by atoms with E-state index in [4.69, 9.17) is 0 Å². The Kier molecular flexibility index (Phi) is 10.7. The molecule has 2 aliphatic rings. The van der Waals surface area contributed by atoms with Gasteiger partial charge >= 0.3 is 0 Å². The number of anilines is 2. The number of fused-ring (bicyclic) bond motifs is 1. The lowest BCUT2D eigenvalue weighted by Crippen LogP contribution is -2.46. The first kappa shape index (κ1) is 32.9. The highest BCUT2D eigenvalue weighted by Gasteiger charge is 2.34. The van der Waals surface area contributed by atoms with E-state index >= 15 is 0 Å². The molecule has 2 saturated heterocycles. The van der Waals surface area contributed by atoms with Crippen molar-refractivity contribution in [1.29, 1.82) is 0 Å². The zero-order valence-electron chi connectivity index (χ0n) is 26.7. The van der Waals surface area contributed by atoms with E-state index < -0.39 is 12.3 Å². The summed E-state index contributed by atoms with van der Waals surface area (Å²) < 4.78 is 0. The number of nitrogens with one attached hydrogen (secondary N) is 3. The van der Waals surface area contributed by atoms with Crippen LogP contribution in [-0.2, 0) is 33.6 Å². The van der Waals surface area contributed by atoms with Crippen LogP contribution in [-0.4, -0.2) is 75.7 Å². The van der Waals surface area contributed by atoms with Crippen LogP contribution in [0.1, 0.15) is 42.5 Å². The van der Waals surface area contributed by atoms with Crippen LogP contribution in [0.15, 0.2) is 78.9 Å². The molecule has 3 aromatic carbocycles. The molecule has 47 heavy (non-hydrogen) atoms. The maximum absolute atomic E-state index is 13.3. The van der Waals surface area contributed by atoms with Crippen LogP contribution in [0.25, 0.3) is 10.9 Å². The van der Waals surface area contributed by atoms with E-state index in [1.165, 1.54) is 0 Å². The molecule has 3 heterocycles. The van der Waals surface area contributed by atoms with Crippen molar-refractivity contribution in [3.05, 3.63) is 95.7 Å². The molecule has 4 N–H and O–H groups in total. The average Bonchev–Trinajstić information content (AvgIpc) is 3.75. The fourth-order valence-electron chi connectivity index (χ4n) is 6.81. The second-order valence-corrected chi connectivity index (χ2v) is 13.2. The van der Waals surface area contributed by atoms with E-state index in [1.807, 2.05) is 71.6 Å². The number of piperidine rings is 1. The summed E-state index contributed by atoms with van der Waals surface area (Å²) in [5.74, 6) is -0.306. The third-order valence-corrected chi connectivity index (χ3v) is 9.77. The van der Waals surface area contributed by atoms with Crippen LogP contribution in [0.4, 0.5) is 11.4 Å². The molecular formula is C37H44N5O4P. The highest BCUT2D eigenvalue weighted by Crippen LogP contribution is 2.25. The van der Waals surface area contributed by atoms with Crippen LogP contribution in [0, 0.1) is 5.92 Å². The molecule has 6 rings (SSSR count). The lowest BCUT2D eigenvalue weighted by Gasteiger charge is -2.34. The first-order valence-corrected chi connectivity index (χ1v) is 17.5. The van der Waals surface area contributed by atoms with E-state index in [0.29, 0.717) is 37.8 Å². The summed E-state index contributed by atoms with van der Waals surface area (Å²) in [7, 11) is 2.56. The van der Waals surface area contributed by atoms with Crippen LogP contribution in [0.2, 0.25) is 0 Å². The molecule has 10 heteroatoms. The van der Waals surface area contributed by atoms with Gasteiger partial charge in [0.25, 0.3) is 0 Å². The Balaban J connectivity index is 1.03. The minimum absolute atomic E-state index is 0.000687. The number of aromatic amines is 1. The van der Waals surface area contributed by atoms with E-state index in [9.17, 15) is 19.5 Å². The lowest BCUT2D eigenvalue weighted by atomic mass is 9.96. The second-order valence-electron chi connectivity index (χ2n) is 12.7. The minimum Gasteiger partial charge on any atom is -0.378 e. The van der Waals surface area contributed by atoms with Gasteiger partial charge in [0.05, 0.1) is 12.3 Å². The number of hydrogen-bond acceptors (Lipinski definition) is 5. The third-order valence-electron chi connectivity index (χ3n) is 9.35. The number of H-pyrrole nitrogens is 1. The standard InChI is InChI=1S/C37H44N5O4P/c43-34(20-25-7-2-1-3-8-25)42-18-6-12-33(42)37(46)40-31-15-16-32-28(22-31)21-30(38-32)14-13-26-9-4-11-29(19-26)39-36(45)27-10-5-17-41(23-27)35(44)24-47/h1-4,7-9,11,15-16,19,21-22,27,33,35,38,44H,5-6,10,12-14,17-18,20,23-24,47H2,(H,39,45)(H,40,46). The Morgan fingerprint density at radius 2 is 1.62 bits per heavy atom. The topological polar surface area (TPSA) is 118 Å². The molecule has 4 aromatic rings. The van der Waals surface area contributed by atoms with Crippen LogP contribution in [0.3, 0.4) is 0 Å². The Bertz CT molecular complexity index is 1710. The normalized spacial score (nSPS) is 19.1. The third kappa shape index (κ3) is 8.28. The number of likely N-dealkylation sites (tertiary alicyclic amines) is 2. The number of aromatic nitrogens is 1. The number of hydrogen-bond donors (Lipinski definition) is 4. The Morgan fingerprint density at radius 1 is 0.851 bits per heavy atom. The van der Waals surface area contributed by atoms with Crippen molar-refractivity contribution in [2.24, 2.45) is 5.92 Å².